The van der Waals surface area contributed by atoms with Crippen molar-refractivity contribution in [3.8, 4) is 0 Å². The molecule has 4 heteroatoms. The van der Waals surface area contributed by atoms with Crippen LogP contribution in [0.2, 0.25) is 0 Å². The minimum atomic E-state index is -0.152. The predicted octanol–water partition coefficient (Wildman–Crippen LogP) is 2.90. The average molecular weight is 283 g/mol. The molecule has 4 nitrogen and oxygen atoms in total. The van der Waals surface area contributed by atoms with Crippen LogP contribution in [0.25, 0.3) is 0 Å². The number of urea groups is 1. The van der Waals surface area contributed by atoms with E-state index in [1.165, 1.54) is 5.56 Å². The number of carbonyl (C=O) groups is 1. The van der Waals surface area contributed by atoms with Gasteiger partial charge in [-0.2, -0.15) is 0 Å². The average Bonchev–Trinajstić information content (AvgIpc) is 2.53. The molecule has 2 N–H and O–H groups in total. The van der Waals surface area contributed by atoms with Gasteiger partial charge in [-0.05, 0) is 37.5 Å². The molecule has 0 aliphatic rings. The summed E-state index contributed by atoms with van der Waals surface area (Å²) in [5, 5.41) is 5.76. The summed E-state index contributed by atoms with van der Waals surface area (Å²) in [5.41, 5.74) is 2.14. The summed E-state index contributed by atoms with van der Waals surface area (Å²) in [4.78, 5) is 16.0. The number of hydrogen-bond donors (Lipinski definition) is 2. The molecule has 1 aromatic heterocycles. The van der Waals surface area contributed by atoms with Crippen LogP contribution in [0.4, 0.5) is 4.79 Å². The second kappa shape index (κ2) is 8.04. The molecule has 0 saturated heterocycles. The maximum absolute atomic E-state index is 11.8. The Bertz CT molecular complexity index is 542. The number of carbonyl (C=O) groups excluding carboxylic acids is 1. The first-order valence-electron chi connectivity index (χ1n) is 7.22. The summed E-state index contributed by atoms with van der Waals surface area (Å²) in [7, 11) is 0. The smallest absolute Gasteiger partial charge is 0.315 e. The molecular formula is C17H21N3O. The molecule has 2 rings (SSSR count). The van der Waals surface area contributed by atoms with Crippen LogP contribution in [0.5, 0.6) is 0 Å². The third-order valence-electron chi connectivity index (χ3n) is 3.24. The van der Waals surface area contributed by atoms with E-state index < -0.39 is 0 Å². The van der Waals surface area contributed by atoms with Gasteiger partial charge in [0.05, 0.1) is 12.2 Å². The Kier molecular flexibility index (Phi) is 5.76. The van der Waals surface area contributed by atoms with Gasteiger partial charge in [0, 0.05) is 12.2 Å². The molecule has 0 bridgehead atoms. The van der Waals surface area contributed by atoms with Crippen molar-refractivity contribution in [2.45, 2.75) is 32.4 Å². The monoisotopic (exact) mass is 283 g/mol. The number of hydrogen-bond acceptors (Lipinski definition) is 2. The van der Waals surface area contributed by atoms with Crippen LogP contribution >= 0.6 is 0 Å². The lowest BCUT2D eigenvalue weighted by molar-refractivity contribution is 0.236. The summed E-state index contributed by atoms with van der Waals surface area (Å²) in [6.07, 6.45) is 3.60. The van der Waals surface area contributed by atoms with E-state index in [2.05, 4.69) is 27.8 Å². The molecule has 1 atom stereocenters. The number of amides is 2. The van der Waals surface area contributed by atoms with Gasteiger partial charge >= 0.3 is 6.03 Å². The maximum Gasteiger partial charge on any atom is 0.315 e. The molecule has 0 saturated carbocycles. The minimum Gasteiger partial charge on any atom is -0.336 e. The Morgan fingerprint density at radius 3 is 2.62 bits per heavy atom. The Hall–Kier alpha value is -2.36. The zero-order valence-electron chi connectivity index (χ0n) is 12.3. The quantitative estimate of drug-likeness (QED) is 0.856. The lowest BCUT2D eigenvalue weighted by Gasteiger charge is -2.14. The van der Waals surface area contributed by atoms with Crippen molar-refractivity contribution < 1.29 is 4.79 Å². The van der Waals surface area contributed by atoms with Crippen LogP contribution in [-0.4, -0.2) is 17.1 Å². The van der Waals surface area contributed by atoms with Crippen molar-refractivity contribution in [1.29, 1.82) is 0 Å². The van der Waals surface area contributed by atoms with Gasteiger partial charge in [-0.3, -0.25) is 4.98 Å². The first-order valence-corrected chi connectivity index (χ1v) is 7.22. The van der Waals surface area contributed by atoms with Crippen molar-refractivity contribution in [2.75, 3.05) is 0 Å². The molecule has 2 amide bonds. The van der Waals surface area contributed by atoms with E-state index >= 15 is 0 Å². The Morgan fingerprint density at radius 1 is 1.14 bits per heavy atom. The van der Waals surface area contributed by atoms with E-state index in [4.69, 9.17) is 0 Å². The van der Waals surface area contributed by atoms with Crippen molar-refractivity contribution >= 4 is 6.03 Å². The summed E-state index contributed by atoms with van der Waals surface area (Å²) in [6, 6.07) is 15.9. The van der Waals surface area contributed by atoms with Crippen LogP contribution < -0.4 is 10.6 Å². The fourth-order valence-corrected chi connectivity index (χ4v) is 2.05. The van der Waals surface area contributed by atoms with Crippen molar-refractivity contribution in [2.24, 2.45) is 0 Å². The van der Waals surface area contributed by atoms with Gasteiger partial charge < -0.3 is 10.6 Å². The van der Waals surface area contributed by atoms with E-state index in [9.17, 15) is 4.79 Å². The molecule has 0 fully saturated rings. The van der Waals surface area contributed by atoms with E-state index in [1.807, 2.05) is 43.3 Å². The first kappa shape index (κ1) is 15.0. The number of pyridine rings is 1. The highest BCUT2D eigenvalue weighted by Gasteiger charge is 2.07. The molecule has 0 aliphatic heterocycles. The van der Waals surface area contributed by atoms with E-state index in [0.29, 0.717) is 6.54 Å². The van der Waals surface area contributed by atoms with Gasteiger partial charge in [-0.15, -0.1) is 0 Å². The number of aryl methyl sites for hydroxylation is 1. The number of benzene rings is 1. The van der Waals surface area contributed by atoms with Crippen molar-refractivity contribution in [3.63, 3.8) is 0 Å². The Morgan fingerprint density at radius 2 is 1.90 bits per heavy atom. The highest BCUT2D eigenvalue weighted by atomic mass is 16.2. The number of rotatable bonds is 6. The molecule has 0 radical (unpaired) electrons. The fourth-order valence-electron chi connectivity index (χ4n) is 2.05. The summed E-state index contributed by atoms with van der Waals surface area (Å²) >= 11 is 0. The van der Waals surface area contributed by atoms with Gasteiger partial charge in [0.1, 0.15) is 0 Å². The number of aromatic nitrogens is 1. The van der Waals surface area contributed by atoms with Crippen LogP contribution in [0, 0.1) is 0 Å². The predicted molar refractivity (Wildman–Crippen MR) is 83.8 cm³/mol. The van der Waals surface area contributed by atoms with Crippen molar-refractivity contribution in [3.05, 3.63) is 66.0 Å². The first-order chi connectivity index (χ1) is 10.2. The number of nitrogens with zero attached hydrogens (tertiary/aromatic N) is 1. The van der Waals surface area contributed by atoms with Crippen LogP contribution in [-0.2, 0) is 13.0 Å². The van der Waals surface area contributed by atoms with Gasteiger partial charge in [0.25, 0.3) is 0 Å². The Labute approximate surface area is 125 Å². The van der Waals surface area contributed by atoms with E-state index in [0.717, 1.165) is 18.5 Å². The SMILES string of the molecule is C[C@@H](CCc1ccccc1)NC(=O)NCc1ccccn1. The van der Waals surface area contributed by atoms with Gasteiger partial charge in [0.15, 0.2) is 0 Å². The highest BCUT2D eigenvalue weighted by molar-refractivity contribution is 5.74. The highest BCUT2D eigenvalue weighted by Crippen LogP contribution is 2.04. The van der Waals surface area contributed by atoms with Gasteiger partial charge in [0.2, 0.25) is 0 Å². The lowest BCUT2D eigenvalue weighted by Crippen LogP contribution is -2.40. The molecule has 1 aromatic carbocycles. The zero-order chi connectivity index (χ0) is 14.9. The molecule has 21 heavy (non-hydrogen) atoms. The standard InChI is InChI=1S/C17H21N3O/c1-14(10-11-15-7-3-2-4-8-15)20-17(21)19-13-16-9-5-6-12-18-16/h2-9,12,14H,10-11,13H2,1H3,(H2,19,20,21)/t14-/m0/s1. The van der Waals surface area contributed by atoms with Crippen LogP contribution in [0.1, 0.15) is 24.6 Å². The largest absolute Gasteiger partial charge is 0.336 e. The van der Waals surface area contributed by atoms with Gasteiger partial charge in [-0.25, -0.2) is 4.79 Å². The second-order valence-electron chi connectivity index (χ2n) is 5.07. The zero-order valence-corrected chi connectivity index (χ0v) is 12.3. The van der Waals surface area contributed by atoms with Gasteiger partial charge in [-0.1, -0.05) is 36.4 Å². The van der Waals surface area contributed by atoms with E-state index in [-0.39, 0.29) is 12.1 Å². The molecule has 0 unspecified atom stereocenters. The maximum atomic E-state index is 11.8. The summed E-state index contributed by atoms with van der Waals surface area (Å²) in [5.74, 6) is 0. The minimum absolute atomic E-state index is 0.133. The molecule has 0 spiro atoms. The number of nitrogens with one attached hydrogen (secondary N) is 2. The Balaban J connectivity index is 1.67. The molecule has 1 heterocycles. The summed E-state index contributed by atoms with van der Waals surface area (Å²) in [6.45, 7) is 2.46. The molecule has 0 aliphatic carbocycles. The van der Waals surface area contributed by atoms with Crippen LogP contribution in [0.3, 0.4) is 0 Å². The normalized spacial score (nSPS) is 11.7. The molecule has 2 aromatic rings. The third-order valence-corrected chi connectivity index (χ3v) is 3.24. The lowest BCUT2D eigenvalue weighted by atomic mass is 10.1. The third kappa shape index (κ3) is 5.65. The summed E-state index contributed by atoms with van der Waals surface area (Å²) < 4.78 is 0. The molecule has 110 valence electrons. The molecular weight excluding hydrogens is 262 g/mol. The van der Waals surface area contributed by atoms with Crippen molar-refractivity contribution in [1.82, 2.24) is 15.6 Å². The van der Waals surface area contributed by atoms with Crippen LogP contribution in [0.15, 0.2) is 54.7 Å². The van der Waals surface area contributed by atoms with E-state index in [1.54, 1.807) is 6.20 Å². The topological polar surface area (TPSA) is 54.0 Å². The fraction of sp³-hybridized carbons (Fsp3) is 0.294. The second-order valence-corrected chi connectivity index (χ2v) is 5.07.